The molecule has 33 heavy (non-hydrogen) atoms. The Balaban J connectivity index is 1.21. The molecule has 0 spiro atoms. The number of nitrogens with one attached hydrogen (secondary N) is 1. The van der Waals surface area contributed by atoms with Crippen LogP contribution < -0.4 is 15.0 Å². The van der Waals surface area contributed by atoms with Crippen molar-refractivity contribution in [2.45, 2.75) is 80.9 Å². The van der Waals surface area contributed by atoms with Gasteiger partial charge in [0, 0.05) is 17.5 Å². The lowest BCUT2D eigenvalue weighted by Crippen LogP contribution is -2.44. The summed E-state index contributed by atoms with van der Waals surface area (Å²) in [5.41, 5.74) is 3.60. The first kappa shape index (κ1) is 24.2. The quantitative estimate of drug-likeness (QED) is 0.419. The molecule has 1 N–H and O–H groups in total. The van der Waals surface area contributed by atoms with Crippen LogP contribution in [-0.2, 0) is 4.79 Å². The van der Waals surface area contributed by atoms with Crippen LogP contribution in [-0.4, -0.2) is 31.6 Å². The SMILES string of the molecule is Cc1ccc2c(c1)SC(c1ccc(OCCCCCNC3(C)CCCCC3)cc1)C(=O)N2C. The van der Waals surface area contributed by atoms with Gasteiger partial charge in [-0.05, 0) is 87.9 Å². The molecule has 0 bridgehead atoms. The van der Waals surface area contributed by atoms with E-state index in [0.717, 1.165) is 41.5 Å². The smallest absolute Gasteiger partial charge is 0.244 e. The highest BCUT2D eigenvalue weighted by atomic mass is 32.2. The van der Waals surface area contributed by atoms with Gasteiger partial charge >= 0.3 is 0 Å². The number of likely N-dealkylation sites (N-methyl/N-ethyl adjacent to an activating group) is 1. The van der Waals surface area contributed by atoms with Gasteiger partial charge in [0.1, 0.15) is 11.0 Å². The minimum atomic E-state index is -0.211. The van der Waals surface area contributed by atoms with Crippen LogP contribution in [0.2, 0.25) is 0 Å². The molecular formula is C28H38N2O2S. The second-order valence-corrected chi connectivity index (χ2v) is 11.0. The predicted octanol–water partition coefficient (Wildman–Crippen LogP) is 6.67. The summed E-state index contributed by atoms with van der Waals surface area (Å²) in [6, 6.07) is 14.3. The van der Waals surface area contributed by atoms with E-state index in [9.17, 15) is 4.79 Å². The van der Waals surface area contributed by atoms with Crippen LogP contribution in [0.1, 0.15) is 74.7 Å². The zero-order valence-corrected chi connectivity index (χ0v) is 21.2. The van der Waals surface area contributed by atoms with Crippen molar-refractivity contribution in [3.8, 4) is 5.75 Å². The van der Waals surface area contributed by atoms with Crippen molar-refractivity contribution in [3.63, 3.8) is 0 Å². The van der Waals surface area contributed by atoms with Crippen LogP contribution >= 0.6 is 11.8 Å². The average Bonchev–Trinajstić information content (AvgIpc) is 2.81. The van der Waals surface area contributed by atoms with Crippen LogP contribution in [0.15, 0.2) is 47.4 Å². The average molecular weight is 467 g/mol. The molecule has 1 aliphatic heterocycles. The molecule has 5 heteroatoms. The fourth-order valence-electron chi connectivity index (χ4n) is 4.91. The summed E-state index contributed by atoms with van der Waals surface area (Å²) < 4.78 is 5.96. The first-order valence-electron chi connectivity index (χ1n) is 12.5. The molecule has 1 amide bonds. The Hall–Kier alpha value is -1.98. The normalized spacial score (nSPS) is 19.9. The molecule has 178 valence electrons. The van der Waals surface area contributed by atoms with Gasteiger partial charge in [-0.25, -0.2) is 0 Å². The maximum absolute atomic E-state index is 12.9. The van der Waals surface area contributed by atoms with Crippen LogP contribution in [0.4, 0.5) is 5.69 Å². The van der Waals surface area contributed by atoms with Crippen molar-refractivity contribution in [2.24, 2.45) is 0 Å². The first-order valence-corrected chi connectivity index (χ1v) is 13.4. The minimum absolute atomic E-state index is 0.126. The van der Waals surface area contributed by atoms with Crippen LogP contribution in [0.25, 0.3) is 0 Å². The predicted molar refractivity (Wildman–Crippen MR) is 138 cm³/mol. The molecule has 1 atom stereocenters. The second-order valence-electron chi connectivity index (χ2n) is 9.89. The monoisotopic (exact) mass is 466 g/mol. The van der Waals surface area contributed by atoms with Crippen LogP contribution in [0.5, 0.6) is 5.75 Å². The molecule has 1 fully saturated rings. The number of carbonyl (C=O) groups is 1. The lowest BCUT2D eigenvalue weighted by atomic mass is 9.83. The number of benzene rings is 2. The van der Waals surface area contributed by atoms with Crippen molar-refractivity contribution in [3.05, 3.63) is 53.6 Å². The lowest BCUT2D eigenvalue weighted by Gasteiger charge is -2.34. The van der Waals surface area contributed by atoms with E-state index in [4.69, 9.17) is 4.74 Å². The molecule has 1 unspecified atom stereocenters. The summed E-state index contributed by atoms with van der Waals surface area (Å²) in [4.78, 5) is 15.9. The third-order valence-corrected chi connectivity index (χ3v) is 8.35. The fourth-order valence-corrected chi connectivity index (χ4v) is 6.29. The molecule has 0 radical (unpaired) electrons. The topological polar surface area (TPSA) is 41.6 Å². The highest BCUT2D eigenvalue weighted by Gasteiger charge is 2.32. The van der Waals surface area contributed by atoms with Gasteiger partial charge in [0.15, 0.2) is 0 Å². The molecule has 1 heterocycles. The van der Waals surface area contributed by atoms with Gasteiger partial charge in [0.25, 0.3) is 0 Å². The zero-order valence-electron chi connectivity index (χ0n) is 20.4. The van der Waals surface area contributed by atoms with Crippen molar-refractivity contribution in [2.75, 3.05) is 25.1 Å². The summed E-state index contributed by atoms with van der Waals surface area (Å²) in [6.45, 7) is 6.32. The number of nitrogens with zero attached hydrogens (tertiary/aromatic N) is 1. The summed E-state index contributed by atoms with van der Waals surface area (Å²) >= 11 is 1.64. The van der Waals surface area contributed by atoms with E-state index in [-0.39, 0.29) is 11.2 Å². The van der Waals surface area contributed by atoms with E-state index >= 15 is 0 Å². The van der Waals surface area contributed by atoms with E-state index < -0.39 is 0 Å². The van der Waals surface area contributed by atoms with E-state index in [2.05, 4.69) is 31.3 Å². The Morgan fingerprint density at radius 2 is 1.82 bits per heavy atom. The first-order chi connectivity index (χ1) is 16.0. The molecule has 1 aliphatic carbocycles. The maximum atomic E-state index is 12.9. The molecule has 1 saturated carbocycles. The van der Waals surface area contributed by atoms with E-state index in [1.54, 1.807) is 16.7 Å². The van der Waals surface area contributed by atoms with Crippen molar-refractivity contribution in [1.29, 1.82) is 0 Å². The number of unbranched alkanes of at least 4 members (excludes halogenated alkanes) is 2. The van der Waals surface area contributed by atoms with Crippen molar-refractivity contribution < 1.29 is 9.53 Å². The number of anilines is 1. The fraction of sp³-hybridized carbons (Fsp3) is 0.536. The number of carbonyl (C=O) groups excluding carboxylic acids is 1. The van der Waals surface area contributed by atoms with Gasteiger partial charge in [-0.2, -0.15) is 0 Å². The highest BCUT2D eigenvalue weighted by Crippen LogP contribution is 2.46. The summed E-state index contributed by atoms with van der Waals surface area (Å²) in [5.74, 6) is 1.00. The van der Waals surface area contributed by atoms with E-state index in [1.165, 1.54) is 50.5 Å². The number of amides is 1. The number of fused-ring (bicyclic) bond motifs is 1. The van der Waals surface area contributed by atoms with Crippen molar-refractivity contribution in [1.82, 2.24) is 5.32 Å². The molecule has 2 aromatic rings. The Morgan fingerprint density at radius 3 is 2.58 bits per heavy atom. The Labute approximate surface area is 203 Å². The Kier molecular flexibility index (Phi) is 8.02. The van der Waals surface area contributed by atoms with Crippen LogP contribution in [0, 0.1) is 6.92 Å². The van der Waals surface area contributed by atoms with Gasteiger partial charge in [0.05, 0.1) is 12.3 Å². The Bertz CT molecular complexity index is 937. The third kappa shape index (κ3) is 6.13. The summed E-state index contributed by atoms with van der Waals surface area (Å²) in [5, 5.41) is 3.57. The number of thioether (sulfide) groups is 1. The van der Waals surface area contributed by atoms with Gasteiger partial charge in [-0.15, -0.1) is 11.8 Å². The number of aryl methyl sites for hydroxylation is 1. The van der Waals surface area contributed by atoms with E-state index in [0.29, 0.717) is 5.54 Å². The Morgan fingerprint density at radius 1 is 1.06 bits per heavy atom. The largest absolute Gasteiger partial charge is 0.494 e. The summed E-state index contributed by atoms with van der Waals surface area (Å²) in [6.07, 6.45) is 10.2. The maximum Gasteiger partial charge on any atom is 0.244 e. The molecule has 4 rings (SSSR count). The molecule has 2 aromatic carbocycles. The van der Waals surface area contributed by atoms with Crippen molar-refractivity contribution >= 4 is 23.4 Å². The third-order valence-electron chi connectivity index (χ3n) is 7.06. The van der Waals surface area contributed by atoms with Gasteiger partial charge in [0.2, 0.25) is 5.91 Å². The minimum Gasteiger partial charge on any atom is -0.494 e. The molecular weight excluding hydrogens is 428 g/mol. The standard InChI is InChI=1S/C28H38N2O2S/c1-21-10-15-24-25(20-21)33-26(27(31)30(24)3)22-11-13-23(14-12-22)32-19-9-5-8-18-29-28(2)16-6-4-7-17-28/h10-15,20,26,29H,4-9,16-19H2,1-3H3. The van der Waals surface area contributed by atoms with E-state index in [1.807, 2.05) is 37.4 Å². The molecule has 2 aliphatic rings. The molecule has 0 saturated heterocycles. The molecule has 0 aromatic heterocycles. The zero-order chi connectivity index (χ0) is 23.3. The summed E-state index contributed by atoms with van der Waals surface area (Å²) in [7, 11) is 1.87. The molecule has 4 nitrogen and oxygen atoms in total. The van der Waals surface area contributed by atoms with Gasteiger partial charge in [-0.1, -0.05) is 37.5 Å². The number of rotatable bonds is 9. The number of ether oxygens (including phenoxy) is 1. The van der Waals surface area contributed by atoms with Gasteiger partial charge in [-0.3, -0.25) is 4.79 Å². The second kappa shape index (κ2) is 11.0. The lowest BCUT2D eigenvalue weighted by molar-refractivity contribution is -0.118. The van der Waals surface area contributed by atoms with Crippen LogP contribution in [0.3, 0.4) is 0 Å². The highest BCUT2D eigenvalue weighted by molar-refractivity contribution is 8.00. The number of hydrogen-bond donors (Lipinski definition) is 1. The van der Waals surface area contributed by atoms with Gasteiger partial charge < -0.3 is 15.0 Å². The number of hydrogen-bond acceptors (Lipinski definition) is 4.